The molecule has 2 rings (SSSR count). The maximum atomic E-state index is 5.60. The van der Waals surface area contributed by atoms with Gasteiger partial charge in [-0.25, -0.2) is 0 Å². The predicted molar refractivity (Wildman–Crippen MR) is 80.6 cm³/mol. The normalized spacial score (nSPS) is 16.9. The summed E-state index contributed by atoms with van der Waals surface area (Å²) in [6.45, 7) is 6.31. The molecule has 0 aromatic heterocycles. The van der Waals surface area contributed by atoms with E-state index in [2.05, 4.69) is 43.4 Å². The molecule has 0 bridgehead atoms. The smallest absolute Gasteiger partial charge is 0.119 e. The predicted octanol–water partition coefficient (Wildman–Crippen LogP) is 4.32. The van der Waals surface area contributed by atoms with E-state index in [1.165, 1.54) is 31.2 Å². The van der Waals surface area contributed by atoms with Crippen LogP contribution in [0.2, 0.25) is 0 Å². The molecule has 2 nitrogen and oxygen atoms in total. The molecule has 1 atom stereocenters. The standard InChI is InChI=1S/C17H27NO/c1-3-13-19-17-9-7-16(8-10-17)14(2)18-12-11-15-5-4-6-15/h7-10,14-15,18H,3-6,11-13H2,1-2H3. The molecule has 0 spiro atoms. The first-order valence-corrected chi connectivity index (χ1v) is 7.75. The molecule has 1 aromatic carbocycles. The van der Waals surface area contributed by atoms with Crippen molar-refractivity contribution in [1.82, 2.24) is 5.32 Å². The number of hydrogen-bond acceptors (Lipinski definition) is 2. The Labute approximate surface area is 117 Å². The highest BCUT2D eigenvalue weighted by Gasteiger charge is 2.16. The van der Waals surface area contributed by atoms with Crippen LogP contribution in [0.1, 0.15) is 57.6 Å². The lowest BCUT2D eigenvalue weighted by atomic mass is 9.83. The zero-order valence-electron chi connectivity index (χ0n) is 12.3. The SMILES string of the molecule is CCCOc1ccc(C(C)NCCC2CCC2)cc1. The molecule has 1 aromatic rings. The van der Waals surface area contributed by atoms with Gasteiger partial charge < -0.3 is 10.1 Å². The molecule has 0 radical (unpaired) electrons. The third-order valence-corrected chi connectivity index (χ3v) is 4.08. The van der Waals surface area contributed by atoms with E-state index < -0.39 is 0 Å². The second-order valence-corrected chi connectivity index (χ2v) is 5.68. The lowest BCUT2D eigenvalue weighted by Gasteiger charge is -2.26. The minimum Gasteiger partial charge on any atom is -0.494 e. The molecule has 1 unspecified atom stereocenters. The van der Waals surface area contributed by atoms with Gasteiger partial charge in [0.2, 0.25) is 0 Å². The van der Waals surface area contributed by atoms with Crippen molar-refractivity contribution in [3.05, 3.63) is 29.8 Å². The van der Waals surface area contributed by atoms with Crippen LogP contribution < -0.4 is 10.1 Å². The summed E-state index contributed by atoms with van der Waals surface area (Å²) < 4.78 is 5.60. The summed E-state index contributed by atoms with van der Waals surface area (Å²) in [5, 5.41) is 3.62. The van der Waals surface area contributed by atoms with Crippen LogP contribution in [0.4, 0.5) is 0 Å². The molecule has 0 amide bonds. The monoisotopic (exact) mass is 261 g/mol. The van der Waals surface area contributed by atoms with Crippen molar-refractivity contribution in [2.45, 2.75) is 52.0 Å². The topological polar surface area (TPSA) is 21.3 Å². The van der Waals surface area contributed by atoms with Crippen molar-refractivity contribution in [2.24, 2.45) is 5.92 Å². The van der Waals surface area contributed by atoms with Crippen LogP contribution in [0.15, 0.2) is 24.3 Å². The molecule has 0 aliphatic heterocycles. The van der Waals surface area contributed by atoms with E-state index in [1.54, 1.807) is 0 Å². The zero-order chi connectivity index (χ0) is 13.5. The van der Waals surface area contributed by atoms with Crippen molar-refractivity contribution >= 4 is 0 Å². The molecule has 1 aliphatic carbocycles. The Balaban J connectivity index is 1.72. The summed E-state index contributed by atoms with van der Waals surface area (Å²) in [7, 11) is 0. The Morgan fingerprint density at radius 3 is 2.58 bits per heavy atom. The molecule has 1 fully saturated rings. The Bertz CT molecular complexity index is 356. The number of ether oxygens (including phenoxy) is 1. The van der Waals surface area contributed by atoms with Gasteiger partial charge >= 0.3 is 0 Å². The van der Waals surface area contributed by atoms with Crippen molar-refractivity contribution in [3.63, 3.8) is 0 Å². The summed E-state index contributed by atoms with van der Waals surface area (Å²) in [6, 6.07) is 8.93. The largest absolute Gasteiger partial charge is 0.494 e. The van der Waals surface area contributed by atoms with E-state index in [0.29, 0.717) is 6.04 Å². The number of hydrogen-bond donors (Lipinski definition) is 1. The van der Waals surface area contributed by atoms with Crippen LogP contribution in [-0.4, -0.2) is 13.2 Å². The average Bonchev–Trinajstić information content (AvgIpc) is 2.39. The molecule has 19 heavy (non-hydrogen) atoms. The average molecular weight is 261 g/mol. The van der Waals surface area contributed by atoms with Gasteiger partial charge in [-0.15, -0.1) is 0 Å². The highest BCUT2D eigenvalue weighted by Crippen LogP contribution is 2.29. The van der Waals surface area contributed by atoms with Crippen LogP contribution in [0.25, 0.3) is 0 Å². The van der Waals surface area contributed by atoms with Crippen molar-refractivity contribution < 1.29 is 4.74 Å². The van der Waals surface area contributed by atoms with Gasteiger partial charge in [0, 0.05) is 6.04 Å². The van der Waals surface area contributed by atoms with Crippen molar-refractivity contribution in [2.75, 3.05) is 13.2 Å². The van der Waals surface area contributed by atoms with Gasteiger partial charge in [0.25, 0.3) is 0 Å². The third kappa shape index (κ3) is 4.54. The molecule has 1 saturated carbocycles. The molecule has 0 saturated heterocycles. The maximum absolute atomic E-state index is 5.60. The Kier molecular flexibility index (Phi) is 5.71. The van der Waals surface area contributed by atoms with E-state index >= 15 is 0 Å². The molecular formula is C17H27NO. The van der Waals surface area contributed by atoms with E-state index in [1.807, 2.05) is 0 Å². The molecular weight excluding hydrogens is 234 g/mol. The van der Waals surface area contributed by atoms with Crippen molar-refractivity contribution in [1.29, 1.82) is 0 Å². The maximum Gasteiger partial charge on any atom is 0.119 e. The van der Waals surface area contributed by atoms with E-state index in [-0.39, 0.29) is 0 Å². The van der Waals surface area contributed by atoms with Crippen LogP contribution in [0, 0.1) is 5.92 Å². The molecule has 1 aliphatic rings. The minimum atomic E-state index is 0.431. The lowest BCUT2D eigenvalue weighted by molar-refractivity contribution is 0.288. The number of benzene rings is 1. The van der Waals surface area contributed by atoms with Crippen LogP contribution >= 0.6 is 0 Å². The zero-order valence-corrected chi connectivity index (χ0v) is 12.3. The first kappa shape index (κ1) is 14.4. The number of nitrogens with one attached hydrogen (secondary N) is 1. The highest BCUT2D eigenvalue weighted by molar-refractivity contribution is 5.28. The summed E-state index contributed by atoms with van der Waals surface area (Å²) >= 11 is 0. The molecule has 1 N–H and O–H groups in total. The van der Waals surface area contributed by atoms with Gasteiger partial charge in [-0.05, 0) is 49.9 Å². The van der Waals surface area contributed by atoms with Gasteiger partial charge in [-0.1, -0.05) is 38.3 Å². The van der Waals surface area contributed by atoms with Gasteiger partial charge in [-0.3, -0.25) is 0 Å². The van der Waals surface area contributed by atoms with Crippen LogP contribution in [-0.2, 0) is 0 Å². The van der Waals surface area contributed by atoms with E-state index in [4.69, 9.17) is 4.74 Å². The highest BCUT2D eigenvalue weighted by atomic mass is 16.5. The second-order valence-electron chi connectivity index (χ2n) is 5.68. The summed E-state index contributed by atoms with van der Waals surface area (Å²) in [5.74, 6) is 1.97. The fourth-order valence-corrected chi connectivity index (χ4v) is 2.48. The lowest BCUT2D eigenvalue weighted by Crippen LogP contribution is -2.24. The Hall–Kier alpha value is -1.02. The summed E-state index contributed by atoms with van der Waals surface area (Å²) in [6.07, 6.45) is 6.72. The first-order valence-electron chi connectivity index (χ1n) is 7.75. The molecule has 106 valence electrons. The summed E-state index contributed by atoms with van der Waals surface area (Å²) in [4.78, 5) is 0. The van der Waals surface area contributed by atoms with E-state index in [9.17, 15) is 0 Å². The second kappa shape index (κ2) is 7.54. The van der Waals surface area contributed by atoms with Crippen LogP contribution in [0.3, 0.4) is 0 Å². The van der Waals surface area contributed by atoms with Gasteiger partial charge in [-0.2, -0.15) is 0 Å². The first-order chi connectivity index (χ1) is 9.29. The van der Waals surface area contributed by atoms with Gasteiger partial charge in [0.1, 0.15) is 5.75 Å². The fourth-order valence-electron chi connectivity index (χ4n) is 2.48. The molecule has 0 heterocycles. The van der Waals surface area contributed by atoms with E-state index in [0.717, 1.165) is 31.2 Å². The van der Waals surface area contributed by atoms with Gasteiger partial charge in [0.15, 0.2) is 0 Å². The number of rotatable bonds is 8. The Morgan fingerprint density at radius 2 is 2.00 bits per heavy atom. The quantitative estimate of drug-likeness (QED) is 0.752. The van der Waals surface area contributed by atoms with Crippen LogP contribution in [0.5, 0.6) is 5.75 Å². The van der Waals surface area contributed by atoms with Crippen molar-refractivity contribution in [3.8, 4) is 5.75 Å². The third-order valence-electron chi connectivity index (χ3n) is 4.08. The van der Waals surface area contributed by atoms with Gasteiger partial charge in [0.05, 0.1) is 6.61 Å². The Morgan fingerprint density at radius 1 is 1.26 bits per heavy atom. The molecule has 2 heteroatoms. The summed E-state index contributed by atoms with van der Waals surface area (Å²) in [5.41, 5.74) is 1.34. The minimum absolute atomic E-state index is 0.431. The fraction of sp³-hybridized carbons (Fsp3) is 0.647.